The molecule has 0 unspecified atom stereocenters. The molecule has 2 N–H and O–H groups in total. The van der Waals surface area contributed by atoms with Gasteiger partial charge in [0.25, 0.3) is 0 Å². The number of furan rings is 1. The molecule has 3 aromatic rings. The number of rotatable bonds is 7. The maximum atomic E-state index is 11.6. The number of benzene rings is 1. The SMILES string of the molecule is CCc1nc(S/C(=C/c2ccc(-c3ccc(C(=O)OC)cc3)o2)C(=O)O)n[nH]1. The highest BCUT2D eigenvalue weighted by atomic mass is 32.2. The molecule has 144 valence electrons. The summed E-state index contributed by atoms with van der Waals surface area (Å²) in [7, 11) is 1.32. The number of esters is 1. The number of carbonyl (C=O) groups is 2. The molecule has 0 fully saturated rings. The van der Waals surface area contributed by atoms with Crippen LogP contribution >= 0.6 is 11.8 Å². The highest BCUT2D eigenvalue weighted by molar-refractivity contribution is 8.04. The van der Waals surface area contributed by atoms with Gasteiger partial charge in [0.1, 0.15) is 22.3 Å². The van der Waals surface area contributed by atoms with Gasteiger partial charge < -0.3 is 14.3 Å². The predicted molar refractivity (Wildman–Crippen MR) is 103 cm³/mol. The molecule has 1 aromatic carbocycles. The van der Waals surface area contributed by atoms with Gasteiger partial charge in [0, 0.05) is 18.1 Å². The molecule has 8 nitrogen and oxygen atoms in total. The number of H-pyrrole nitrogens is 1. The number of nitrogens with zero attached hydrogens (tertiary/aromatic N) is 2. The predicted octanol–water partition coefficient (Wildman–Crippen LogP) is 3.63. The highest BCUT2D eigenvalue weighted by Gasteiger charge is 2.15. The zero-order valence-corrected chi connectivity index (χ0v) is 15.9. The van der Waals surface area contributed by atoms with Gasteiger partial charge in [0.2, 0.25) is 5.16 Å². The van der Waals surface area contributed by atoms with Crippen molar-refractivity contribution in [1.29, 1.82) is 0 Å². The zero-order chi connectivity index (χ0) is 20.1. The quantitative estimate of drug-likeness (QED) is 0.351. The number of ether oxygens (including phenoxy) is 1. The van der Waals surface area contributed by atoms with E-state index in [0.717, 1.165) is 17.3 Å². The van der Waals surface area contributed by atoms with Gasteiger partial charge in [0.15, 0.2) is 0 Å². The summed E-state index contributed by atoms with van der Waals surface area (Å²) in [4.78, 5) is 27.3. The Morgan fingerprint density at radius 1 is 1.25 bits per heavy atom. The monoisotopic (exact) mass is 399 g/mol. The number of nitrogens with one attached hydrogen (secondary N) is 1. The van der Waals surface area contributed by atoms with Crippen molar-refractivity contribution in [3.8, 4) is 11.3 Å². The fourth-order valence-electron chi connectivity index (χ4n) is 2.32. The minimum absolute atomic E-state index is 0.0311. The standard InChI is InChI=1S/C19H17N3O5S/c1-3-16-20-19(22-21-16)28-15(17(23)24)10-13-8-9-14(27-13)11-4-6-12(7-5-11)18(25)26-2/h4-10H,3H2,1-2H3,(H,23,24)(H,20,21,22)/b15-10+. The first-order valence-electron chi connectivity index (χ1n) is 8.33. The van der Waals surface area contributed by atoms with E-state index >= 15 is 0 Å². The number of aromatic amines is 1. The first-order chi connectivity index (χ1) is 13.5. The first-order valence-corrected chi connectivity index (χ1v) is 9.14. The minimum Gasteiger partial charge on any atom is -0.477 e. The summed E-state index contributed by atoms with van der Waals surface area (Å²) in [6.07, 6.45) is 2.09. The van der Waals surface area contributed by atoms with Crippen molar-refractivity contribution in [2.45, 2.75) is 18.5 Å². The number of carbonyl (C=O) groups excluding carboxylic acids is 1. The van der Waals surface area contributed by atoms with E-state index in [9.17, 15) is 14.7 Å². The Morgan fingerprint density at radius 3 is 2.61 bits per heavy atom. The Morgan fingerprint density at radius 2 is 2.00 bits per heavy atom. The molecule has 2 heterocycles. The molecule has 0 amide bonds. The van der Waals surface area contributed by atoms with E-state index in [0.29, 0.717) is 34.5 Å². The van der Waals surface area contributed by atoms with Gasteiger partial charge in [0.05, 0.1) is 12.7 Å². The van der Waals surface area contributed by atoms with Gasteiger partial charge in [-0.25, -0.2) is 14.6 Å². The van der Waals surface area contributed by atoms with Gasteiger partial charge in [-0.3, -0.25) is 5.10 Å². The molecule has 0 aliphatic rings. The van der Waals surface area contributed by atoms with E-state index in [1.807, 2.05) is 6.92 Å². The van der Waals surface area contributed by atoms with E-state index in [-0.39, 0.29) is 4.91 Å². The summed E-state index contributed by atoms with van der Waals surface area (Å²) in [5.74, 6) is 0.0823. The fraction of sp³-hybridized carbons (Fsp3) is 0.158. The third kappa shape index (κ3) is 4.49. The van der Waals surface area contributed by atoms with E-state index in [1.54, 1.807) is 36.4 Å². The second kappa shape index (κ2) is 8.57. The van der Waals surface area contributed by atoms with Crippen LogP contribution in [0, 0.1) is 0 Å². The van der Waals surface area contributed by atoms with Crippen molar-refractivity contribution in [1.82, 2.24) is 15.2 Å². The third-order valence-electron chi connectivity index (χ3n) is 3.75. The van der Waals surface area contributed by atoms with Crippen LogP contribution in [0.1, 0.15) is 28.9 Å². The molecule has 0 saturated carbocycles. The topological polar surface area (TPSA) is 118 Å². The summed E-state index contributed by atoms with van der Waals surface area (Å²) < 4.78 is 10.4. The second-order valence-corrected chi connectivity index (χ2v) is 6.61. The molecule has 3 rings (SSSR count). The molecule has 0 bridgehead atoms. The number of carboxylic acids is 1. The van der Waals surface area contributed by atoms with Crippen LogP contribution in [-0.2, 0) is 16.0 Å². The summed E-state index contributed by atoms with van der Waals surface area (Å²) in [5, 5.41) is 16.5. The van der Waals surface area contributed by atoms with Gasteiger partial charge in [-0.05, 0) is 36.0 Å². The van der Waals surface area contributed by atoms with Crippen LogP contribution in [0.4, 0.5) is 0 Å². The summed E-state index contributed by atoms with van der Waals surface area (Å²) in [6.45, 7) is 1.92. The second-order valence-electron chi connectivity index (χ2n) is 5.60. The number of carboxylic acid groups (broad SMARTS) is 1. The lowest BCUT2D eigenvalue weighted by Gasteiger charge is -2.01. The largest absolute Gasteiger partial charge is 0.477 e. The number of methoxy groups -OCH3 is 1. The normalized spacial score (nSPS) is 11.4. The Kier molecular flexibility index (Phi) is 5.95. The minimum atomic E-state index is -1.10. The molecule has 28 heavy (non-hydrogen) atoms. The number of aliphatic carboxylic acids is 1. The third-order valence-corrected chi connectivity index (χ3v) is 4.63. The molecule has 9 heteroatoms. The molecule has 0 radical (unpaired) electrons. The fourth-order valence-corrected chi connectivity index (χ4v) is 3.02. The lowest BCUT2D eigenvalue weighted by Crippen LogP contribution is -2.00. The van der Waals surface area contributed by atoms with Crippen molar-refractivity contribution in [2.75, 3.05) is 7.11 Å². The number of hydrogen-bond donors (Lipinski definition) is 2. The number of aryl methyl sites for hydroxylation is 1. The molecule has 0 aliphatic heterocycles. The van der Waals surface area contributed by atoms with E-state index in [2.05, 4.69) is 19.9 Å². The summed E-state index contributed by atoms with van der Waals surface area (Å²) in [5.41, 5.74) is 1.18. The Balaban J connectivity index is 1.80. The Labute approximate surface area is 164 Å². The maximum absolute atomic E-state index is 11.6. The molecule has 0 saturated heterocycles. The van der Waals surface area contributed by atoms with E-state index in [4.69, 9.17) is 4.42 Å². The lowest BCUT2D eigenvalue weighted by molar-refractivity contribution is -0.131. The average Bonchev–Trinajstić information content (AvgIpc) is 3.36. The van der Waals surface area contributed by atoms with Crippen molar-refractivity contribution >= 4 is 29.8 Å². The van der Waals surface area contributed by atoms with Gasteiger partial charge in [-0.1, -0.05) is 19.1 Å². The summed E-state index contributed by atoms with van der Waals surface area (Å²) in [6, 6.07) is 10.1. The van der Waals surface area contributed by atoms with Gasteiger partial charge in [-0.2, -0.15) is 0 Å². The number of hydrogen-bond acceptors (Lipinski definition) is 7. The van der Waals surface area contributed by atoms with Crippen LogP contribution in [0.3, 0.4) is 0 Å². The van der Waals surface area contributed by atoms with Crippen LogP contribution in [0.15, 0.2) is 50.9 Å². The van der Waals surface area contributed by atoms with Crippen molar-refractivity contribution in [3.05, 3.63) is 58.5 Å². The van der Waals surface area contributed by atoms with Crippen molar-refractivity contribution < 1.29 is 23.8 Å². The summed E-state index contributed by atoms with van der Waals surface area (Å²) >= 11 is 0.937. The van der Waals surface area contributed by atoms with Gasteiger partial charge >= 0.3 is 11.9 Å². The average molecular weight is 399 g/mol. The Bertz CT molecular complexity index is 1020. The highest BCUT2D eigenvalue weighted by Crippen LogP contribution is 2.28. The first kappa shape index (κ1) is 19.4. The van der Waals surface area contributed by atoms with Crippen molar-refractivity contribution in [3.63, 3.8) is 0 Å². The number of thioether (sulfide) groups is 1. The van der Waals surface area contributed by atoms with Crippen LogP contribution in [0.5, 0.6) is 0 Å². The van der Waals surface area contributed by atoms with Crippen LogP contribution in [-0.4, -0.2) is 39.3 Å². The molecule has 0 atom stereocenters. The van der Waals surface area contributed by atoms with Crippen molar-refractivity contribution in [2.24, 2.45) is 0 Å². The van der Waals surface area contributed by atoms with Crippen LogP contribution < -0.4 is 0 Å². The molecule has 0 spiro atoms. The van der Waals surface area contributed by atoms with E-state index in [1.165, 1.54) is 13.2 Å². The molecular weight excluding hydrogens is 382 g/mol. The van der Waals surface area contributed by atoms with Crippen LogP contribution in [0.25, 0.3) is 17.4 Å². The number of aromatic nitrogens is 3. The molecule has 2 aromatic heterocycles. The van der Waals surface area contributed by atoms with Crippen LogP contribution in [0.2, 0.25) is 0 Å². The zero-order valence-electron chi connectivity index (χ0n) is 15.1. The lowest BCUT2D eigenvalue weighted by atomic mass is 10.1. The van der Waals surface area contributed by atoms with Gasteiger partial charge in [-0.15, -0.1) is 5.10 Å². The van der Waals surface area contributed by atoms with E-state index < -0.39 is 11.9 Å². The Hall–Kier alpha value is -3.33. The maximum Gasteiger partial charge on any atom is 0.342 e. The smallest absolute Gasteiger partial charge is 0.342 e. The molecule has 0 aliphatic carbocycles. The molecular formula is C19H17N3O5S.